The van der Waals surface area contributed by atoms with Crippen molar-refractivity contribution in [2.24, 2.45) is 5.92 Å². The van der Waals surface area contributed by atoms with Crippen LogP contribution in [0.15, 0.2) is 140 Å². The highest BCUT2D eigenvalue weighted by Crippen LogP contribution is 2.35. The number of benzene rings is 5. The van der Waals surface area contributed by atoms with Crippen LogP contribution >= 0.6 is 0 Å². The number of carbonyl (C=O) groups excluding carboxylic acids is 2. The molecule has 1 aliphatic heterocycles. The number of nitrogens with zero attached hydrogens (tertiary/aromatic N) is 1. The number of rotatable bonds is 9. The molecule has 1 atom stereocenters. The molecule has 0 saturated carbocycles. The van der Waals surface area contributed by atoms with Gasteiger partial charge >= 0.3 is 0 Å². The monoisotopic (exact) mass is 579 g/mol. The summed E-state index contributed by atoms with van der Waals surface area (Å²) in [5.74, 6) is -0.0232. The van der Waals surface area contributed by atoms with Crippen molar-refractivity contribution in [3.05, 3.63) is 162 Å². The molecule has 0 aromatic heterocycles. The van der Waals surface area contributed by atoms with Crippen LogP contribution in [0.5, 0.6) is 0 Å². The smallest absolute Gasteiger partial charge is 0.255 e. The molecule has 220 valence electrons. The Balaban J connectivity index is 1.09. The molecule has 0 bridgehead atoms. The van der Waals surface area contributed by atoms with Crippen LogP contribution in [0.3, 0.4) is 0 Å². The molecule has 1 aliphatic rings. The van der Waals surface area contributed by atoms with Crippen molar-refractivity contribution in [1.82, 2.24) is 0 Å². The molecule has 5 nitrogen and oxygen atoms in total. The van der Waals surface area contributed by atoms with E-state index in [-0.39, 0.29) is 23.7 Å². The van der Waals surface area contributed by atoms with E-state index in [0.29, 0.717) is 12.0 Å². The molecule has 1 fully saturated rings. The van der Waals surface area contributed by atoms with Gasteiger partial charge in [0.05, 0.1) is 5.92 Å². The van der Waals surface area contributed by atoms with E-state index in [4.69, 9.17) is 0 Å². The highest BCUT2D eigenvalue weighted by molar-refractivity contribution is 6.05. The van der Waals surface area contributed by atoms with Crippen LogP contribution in [0.2, 0.25) is 0 Å². The second kappa shape index (κ2) is 13.9. The Labute approximate surface area is 259 Å². The molecule has 2 N–H and O–H groups in total. The molecule has 44 heavy (non-hydrogen) atoms. The Morgan fingerprint density at radius 1 is 0.636 bits per heavy atom. The normalized spacial score (nSPS) is 14.0. The third-order valence-electron chi connectivity index (χ3n) is 8.48. The summed E-state index contributed by atoms with van der Waals surface area (Å²) in [6.07, 6.45) is 2.54. The summed E-state index contributed by atoms with van der Waals surface area (Å²) in [4.78, 5) is 29.2. The molecule has 5 aromatic carbocycles. The second-order valence-corrected chi connectivity index (χ2v) is 11.4. The van der Waals surface area contributed by atoms with E-state index in [9.17, 15) is 9.59 Å². The third-order valence-corrected chi connectivity index (χ3v) is 8.48. The minimum atomic E-state index is -0.207. The molecule has 1 saturated heterocycles. The van der Waals surface area contributed by atoms with E-state index in [1.807, 2.05) is 103 Å². The van der Waals surface area contributed by atoms with Crippen molar-refractivity contribution < 1.29 is 9.59 Å². The fourth-order valence-electron chi connectivity index (χ4n) is 6.20. The molecule has 0 radical (unpaired) electrons. The molecular formula is C39H37N3O2. The summed E-state index contributed by atoms with van der Waals surface area (Å²) >= 11 is 0. The minimum absolute atomic E-state index is 0.0475. The largest absolute Gasteiger partial charge is 0.372 e. The molecule has 1 heterocycles. The van der Waals surface area contributed by atoms with E-state index < -0.39 is 0 Å². The van der Waals surface area contributed by atoms with Crippen molar-refractivity contribution >= 4 is 28.9 Å². The molecule has 2 amide bonds. The Kier molecular flexibility index (Phi) is 9.12. The van der Waals surface area contributed by atoms with Gasteiger partial charge in [0, 0.05) is 35.7 Å². The van der Waals surface area contributed by atoms with Crippen molar-refractivity contribution in [3.63, 3.8) is 0 Å². The SMILES string of the molecule is O=C(Nc1ccc(N2CCC(C(C(=O)Nc3ccccc3)c3ccccc3)CC2)cc1)c1ccccc1Cc1ccccc1. The van der Waals surface area contributed by atoms with Gasteiger partial charge in [-0.25, -0.2) is 0 Å². The Bertz CT molecular complexity index is 1660. The first-order chi connectivity index (χ1) is 21.6. The number of piperidine rings is 1. The van der Waals surface area contributed by atoms with Crippen LogP contribution < -0.4 is 15.5 Å². The zero-order valence-corrected chi connectivity index (χ0v) is 24.7. The van der Waals surface area contributed by atoms with Crippen LogP contribution in [-0.2, 0) is 11.2 Å². The fraction of sp³-hybridized carbons (Fsp3) is 0.179. The third kappa shape index (κ3) is 7.07. The minimum Gasteiger partial charge on any atom is -0.372 e. The highest BCUT2D eigenvalue weighted by atomic mass is 16.2. The first-order valence-corrected chi connectivity index (χ1v) is 15.3. The number of para-hydroxylation sites is 1. The standard InChI is InChI=1S/C39H37N3O2/c43-38(36-19-11-10-16-32(36)28-29-12-4-1-5-13-29)40-34-20-22-35(23-21-34)42-26-24-31(25-27-42)37(30-14-6-2-7-15-30)39(44)41-33-17-8-3-9-18-33/h1-23,31,37H,24-28H2,(H,40,43)(H,41,44). The predicted octanol–water partition coefficient (Wildman–Crippen LogP) is 8.17. The lowest BCUT2D eigenvalue weighted by atomic mass is 9.79. The number of carbonyl (C=O) groups is 2. The predicted molar refractivity (Wildman–Crippen MR) is 179 cm³/mol. The fourth-order valence-corrected chi connectivity index (χ4v) is 6.20. The van der Waals surface area contributed by atoms with Gasteiger partial charge in [-0.2, -0.15) is 0 Å². The van der Waals surface area contributed by atoms with Gasteiger partial charge in [0.1, 0.15) is 0 Å². The van der Waals surface area contributed by atoms with Gasteiger partial charge in [-0.15, -0.1) is 0 Å². The zero-order chi connectivity index (χ0) is 30.1. The van der Waals surface area contributed by atoms with E-state index >= 15 is 0 Å². The lowest BCUT2D eigenvalue weighted by Crippen LogP contribution is -2.38. The number of hydrogen-bond acceptors (Lipinski definition) is 3. The molecule has 0 aliphatic carbocycles. The van der Waals surface area contributed by atoms with E-state index in [2.05, 4.69) is 51.9 Å². The van der Waals surface area contributed by atoms with Crippen molar-refractivity contribution in [2.75, 3.05) is 28.6 Å². The number of anilines is 3. The highest BCUT2D eigenvalue weighted by Gasteiger charge is 2.33. The van der Waals surface area contributed by atoms with Crippen molar-refractivity contribution in [2.45, 2.75) is 25.2 Å². The average molecular weight is 580 g/mol. The Morgan fingerprint density at radius 2 is 1.20 bits per heavy atom. The quantitative estimate of drug-likeness (QED) is 0.185. The maximum Gasteiger partial charge on any atom is 0.255 e. The summed E-state index contributed by atoms with van der Waals surface area (Å²) < 4.78 is 0. The maximum absolute atomic E-state index is 13.5. The summed E-state index contributed by atoms with van der Waals surface area (Å²) in [5, 5.41) is 6.23. The lowest BCUT2D eigenvalue weighted by Gasteiger charge is -2.37. The Hall–Kier alpha value is -5.16. The number of nitrogens with one attached hydrogen (secondary N) is 2. The van der Waals surface area contributed by atoms with E-state index in [0.717, 1.165) is 54.1 Å². The van der Waals surface area contributed by atoms with E-state index in [1.54, 1.807) is 0 Å². The lowest BCUT2D eigenvalue weighted by molar-refractivity contribution is -0.118. The summed E-state index contributed by atoms with van der Waals surface area (Å²) in [6.45, 7) is 1.73. The van der Waals surface area contributed by atoms with Gasteiger partial charge in [0.15, 0.2) is 0 Å². The zero-order valence-electron chi connectivity index (χ0n) is 24.7. The van der Waals surface area contributed by atoms with Crippen LogP contribution in [0.25, 0.3) is 0 Å². The maximum atomic E-state index is 13.5. The van der Waals surface area contributed by atoms with Crippen LogP contribution in [0.4, 0.5) is 17.1 Å². The van der Waals surface area contributed by atoms with Crippen LogP contribution in [0.1, 0.15) is 45.8 Å². The average Bonchev–Trinajstić information content (AvgIpc) is 3.07. The molecule has 1 unspecified atom stereocenters. The van der Waals surface area contributed by atoms with Gasteiger partial charge in [-0.3, -0.25) is 9.59 Å². The molecular weight excluding hydrogens is 542 g/mol. The van der Waals surface area contributed by atoms with Crippen LogP contribution in [-0.4, -0.2) is 24.9 Å². The first kappa shape index (κ1) is 28.9. The van der Waals surface area contributed by atoms with Gasteiger partial charge in [-0.1, -0.05) is 97.1 Å². The van der Waals surface area contributed by atoms with Gasteiger partial charge in [0.2, 0.25) is 5.91 Å². The second-order valence-electron chi connectivity index (χ2n) is 11.4. The number of amides is 2. The van der Waals surface area contributed by atoms with Gasteiger partial charge in [-0.05, 0) is 84.3 Å². The first-order valence-electron chi connectivity index (χ1n) is 15.3. The van der Waals surface area contributed by atoms with Gasteiger partial charge in [0.25, 0.3) is 5.91 Å². The molecule has 5 heteroatoms. The van der Waals surface area contributed by atoms with Crippen molar-refractivity contribution in [1.29, 1.82) is 0 Å². The molecule has 0 spiro atoms. The van der Waals surface area contributed by atoms with Crippen molar-refractivity contribution in [3.8, 4) is 0 Å². The number of hydrogen-bond donors (Lipinski definition) is 2. The van der Waals surface area contributed by atoms with Crippen LogP contribution in [0, 0.1) is 5.92 Å². The van der Waals surface area contributed by atoms with Gasteiger partial charge < -0.3 is 15.5 Å². The molecule has 5 aromatic rings. The summed E-state index contributed by atoms with van der Waals surface area (Å²) in [7, 11) is 0. The summed E-state index contributed by atoms with van der Waals surface area (Å²) in [5.41, 5.74) is 6.63. The topological polar surface area (TPSA) is 61.4 Å². The summed E-state index contributed by atoms with van der Waals surface area (Å²) in [6, 6.07) is 45.9. The Morgan fingerprint density at radius 3 is 1.89 bits per heavy atom. The molecule has 6 rings (SSSR count). The van der Waals surface area contributed by atoms with E-state index in [1.165, 1.54) is 5.56 Å².